The van der Waals surface area contributed by atoms with Crippen LogP contribution in [0.5, 0.6) is 11.5 Å². The molecule has 1 unspecified atom stereocenters. The van der Waals surface area contributed by atoms with E-state index < -0.39 is 5.25 Å². The minimum Gasteiger partial charge on any atom is -0.490 e. The number of primary amides is 1. The van der Waals surface area contributed by atoms with Crippen LogP contribution in [-0.2, 0) is 4.79 Å². The molecule has 2 aromatic carbocycles. The number of fused-ring (bicyclic) bond motifs is 1. The number of amides is 1. The van der Waals surface area contributed by atoms with Crippen molar-refractivity contribution < 1.29 is 14.3 Å². The number of rotatable bonds is 4. The van der Waals surface area contributed by atoms with Crippen molar-refractivity contribution in [2.45, 2.75) is 16.6 Å². The molecule has 0 saturated carbocycles. The van der Waals surface area contributed by atoms with E-state index in [0.29, 0.717) is 13.2 Å². The van der Waals surface area contributed by atoms with Gasteiger partial charge in [-0.3, -0.25) is 4.79 Å². The zero-order valence-corrected chi connectivity index (χ0v) is 12.8. The standard InChI is InChI=1S/C17H17NO3S/c18-17(19)16(12-5-2-1-3-6-12)22-13-7-8-14-15(11-13)21-10-4-9-20-14/h1-3,5-8,11,16H,4,9-10H2,(H2,18,19). The van der Waals surface area contributed by atoms with E-state index in [-0.39, 0.29) is 5.91 Å². The summed E-state index contributed by atoms with van der Waals surface area (Å²) in [7, 11) is 0. The van der Waals surface area contributed by atoms with Crippen molar-refractivity contribution in [1.82, 2.24) is 0 Å². The first-order valence-electron chi connectivity index (χ1n) is 7.14. The second-order valence-electron chi connectivity index (χ2n) is 4.97. The van der Waals surface area contributed by atoms with E-state index in [1.807, 2.05) is 48.5 Å². The summed E-state index contributed by atoms with van der Waals surface area (Å²) in [6, 6.07) is 15.3. The van der Waals surface area contributed by atoms with Crippen molar-refractivity contribution in [2.75, 3.05) is 13.2 Å². The Bertz CT molecular complexity index is 660. The first-order chi connectivity index (χ1) is 10.7. The Morgan fingerprint density at radius 1 is 1.05 bits per heavy atom. The van der Waals surface area contributed by atoms with Crippen molar-refractivity contribution >= 4 is 17.7 Å². The van der Waals surface area contributed by atoms with E-state index in [0.717, 1.165) is 28.4 Å². The van der Waals surface area contributed by atoms with Crippen molar-refractivity contribution in [3.05, 3.63) is 54.1 Å². The Labute approximate surface area is 133 Å². The van der Waals surface area contributed by atoms with Gasteiger partial charge in [0.25, 0.3) is 0 Å². The van der Waals surface area contributed by atoms with Crippen LogP contribution in [0.4, 0.5) is 0 Å². The number of carbonyl (C=O) groups excluding carboxylic acids is 1. The highest BCUT2D eigenvalue weighted by Gasteiger charge is 2.20. The Morgan fingerprint density at radius 3 is 2.50 bits per heavy atom. The lowest BCUT2D eigenvalue weighted by atomic mass is 10.1. The van der Waals surface area contributed by atoms with Crippen molar-refractivity contribution in [1.29, 1.82) is 0 Å². The third-order valence-electron chi connectivity index (χ3n) is 3.33. The van der Waals surface area contributed by atoms with Crippen LogP contribution < -0.4 is 15.2 Å². The Hall–Kier alpha value is -2.14. The van der Waals surface area contributed by atoms with Gasteiger partial charge in [0.2, 0.25) is 5.91 Å². The fourth-order valence-corrected chi connectivity index (χ4v) is 3.27. The van der Waals surface area contributed by atoms with Crippen LogP contribution in [0.25, 0.3) is 0 Å². The molecule has 1 heterocycles. The lowest BCUT2D eigenvalue weighted by molar-refractivity contribution is -0.117. The van der Waals surface area contributed by atoms with Crippen LogP contribution in [0.3, 0.4) is 0 Å². The summed E-state index contributed by atoms with van der Waals surface area (Å²) in [5.41, 5.74) is 6.46. The summed E-state index contributed by atoms with van der Waals surface area (Å²) < 4.78 is 11.3. The second kappa shape index (κ2) is 6.75. The average molecular weight is 315 g/mol. The molecule has 1 amide bonds. The highest BCUT2D eigenvalue weighted by atomic mass is 32.2. The summed E-state index contributed by atoms with van der Waals surface area (Å²) in [6.07, 6.45) is 0.866. The second-order valence-corrected chi connectivity index (χ2v) is 6.15. The maximum Gasteiger partial charge on any atom is 0.235 e. The van der Waals surface area contributed by atoms with E-state index in [9.17, 15) is 4.79 Å². The smallest absolute Gasteiger partial charge is 0.235 e. The molecule has 0 fully saturated rings. The highest BCUT2D eigenvalue weighted by Crippen LogP contribution is 2.39. The fourth-order valence-electron chi connectivity index (χ4n) is 2.27. The molecule has 2 N–H and O–H groups in total. The SMILES string of the molecule is NC(=O)C(Sc1ccc2c(c1)OCCCO2)c1ccccc1. The van der Waals surface area contributed by atoms with Crippen LogP contribution in [0.2, 0.25) is 0 Å². The number of benzene rings is 2. The lowest BCUT2D eigenvalue weighted by Crippen LogP contribution is -2.18. The number of thioether (sulfide) groups is 1. The average Bonchev–Trinajstić information content (AvgIpc) is 2.78. The van der Waals surface area contributed by atoms with Gasteiger partial charge in [0, 0.05) is 11.3 Å². The molecule has 22 heavy (non-hydrogen) atoms. The van der Waals surface area contributed by atoms with Crippen LogP contribution in [0.1, 0.15) is 17.2 Å². The number of nitrogens with two attached hydrogens (primary N) is 1. The van der Waals surface area contributed by atoms with Gasteiger partial charge < -0.3 is 15.2 Å². The molecule has 3 rings (SSSR count). The topological polar surface area (TPSA) is 61.6 Å². The Kier molecular flexibility index (Phi) is 4.53. The molecule has 0 aromatic heterocycles. The van der Waals surface area contributed by atoms with Gasteiger partial charge >= 0.3 is 0 Å². The largest absolute Gasteiger partial charge is 0.490 e. The molecule has 0 radical (unpaired) electrons. The van der Waals surface area contributed by atoms with Gasteiger partial charge in [-0.05, 0) is 23.8 Å². The molecule has 1 aliphatic rings. The van der Waals surface area contributed by atoms with Gasteiger partial charge in [-0.2, -0.15) is 0 Å². The Morgan fingerprint density at radius 2 is 1.77 bits per heavy atom. The summed E-state index contributed by atoms with van der Waals surface area (Å²) in [5.74, 6) is 1.11. The maximum atomic E-state index is 11.8. The quantitative estimate of drug-likeness (QED) is 0.880. The lowest BCUT2D eigenvalue weighted by Gasteiger charge is -2.15. The number of ether oxygens (including phenoxy) is 2. The van der Waals surface area contributed by atoms with Gasteiger partial charge in [0.1, 0.15) is 5.25 Å². The van der Waals surface area contributed by atoms with E-state index in [1.165, 1.54) is 11.8 Å². The summed E-state index contributed by atoms with van der Waals surface area (Å²) in [5, 5.41) is -0.425. The summed E-state index contributed by atoms with van der Waals surface area (Å²) in [6.45, 7) is 1.30. The molecule has 0 aliphatic carbocycles. The third kappa shape index (κ3) is 3.36. The first-order valence-corrected chi connectivity index (χ1v) is 8.02. The molecule has 0 spiro atoms. The van der Waals surface area contributed by atoms with Gasteiger partial charge in [-0.25, -0.2) is 0 Å². The van der Waals surface area contributed by atoms with Crippen LogP contribution >= 0.6 is 11.8 Å². The first kappa shape index (κ1) is 14.8. The molecule has 114 valence electrons. The van der Waals surface area contributed by atoms with Crippen LogP contribution in [0.15, 0.2) is 53.4 Å². The van der Waals surface area contributed by atoms with E-state index >= 15 is 0 Å². The van der Waals surface area contributed by atoms with Crippen LogP contribution in [0, 0.1) is 0 Å². The molecule has 1 atom stereocenters. The molecule has 0 saturated heterocycles. The fraction of sp³-hybridized carbons (Fsp3) is 0.235. The molecule has 1 aliphatic heterocycles. The number of hydrogen-bond acceptors (Lipinski definition) is 4. The van der Waals surface area contributed by atoms with Crippen LogP contribution in [-0.4, -0.2) is 19.1 Å². The normalized spacial score (nSPS) is 14.9. The predicted molar refractivity (Wildman–Crippen MR) is 86.3 cm³/mol. The molecule has 2 aromatic rings. The minimum atomic E-state index is -0.425. The minimum absolute atomic E-state index is 0.358. The molecule has 0 bridgehead atoms. The van der Waals surface area contributed by atoms with E-state index in [1.54, 1.807) is 0 Å². The summed E-state index contributed by atoms with van der Waals surface area (Å²) in [4.78, 5) is 12.7. The maximum absolute atomic E-state index is 11.8. The van der Waals surface area contributed by atoms with Crippen molar-refractivity contribution in [3.8, 4) is 11.5 Å². The third-order valence-corrected chi connectivity index (χ3v) is 4.60. The van der Waals surface area contributed by atoms with E-state index in [4.69, 9.17) is 15.2 Å². The van der Waals surface area contributed by atoms with Gasteiger partial charge in [0.15, 0.2) is 11.5 Å². The zero-order valence-electron chi connectivity index (χ0n) is 12.0. The summed E-state index contributed by atoms with van der Waals surface area (Å²) >= 11 is 1.42. The predicted octanol–water partition coefficient (Wildman–Crippen LogP) is 3.17. The molecule has 4 nitrogen and oxygen atoms in total. The molecular formula is C17H17NO3S. The molecule has 5 heteroatoms. The number of carbonyl (C=O) groups is 1. The van der Waals surface area contributed by atoms with Crippen molar-refractivity contribution in [2.24, 2.45) is 5.73 Å². The van der Waals surface area contributed by atoms with Crippen molar-refractivity contribution in [3.63, 3.8) is 0 Å². The van der Waals surface area contributed by atoms with Gasteiger partial charge in [0.05, 0.1) is 13.2 Å². The van der Waals surface area contributed by atoms with E-state index in [2.05, 4.69) is 0 Å². The number of hydrogen-bond donors (Lipinski definition) is 1. The van der Waals surface area contributed by atoms with Gasteiger partial charge in [-0.1, -0.05) is 30.3 Å². The van der Waals surface area contributed by atoms with Gasteiger partial charge in [-0.15, -0.1) is 11.8 Å². The highest BCUT2D eigenvalue weighted by molar-refractivity contribution is 8.00. The zero-order chi connectivity index (χ0) is 15.4. The Balaban J connectivity index is 1.84. The molecular weight excluding hydrogens is 298 g/mol. The monoisotopic (exact) mass is 315 g/mol.